The van der Waals surface area contributed by atoms with Gasteiger partial charge in [0.05, 0.1) is 6.10 Å². The maximum atomic E-state index is 9.19. The van der Waals surface area contributed by atoms with Gasteiger partial charge in [0.1, 0.15) is 0 Å². The van der Waals surface area contributed by atoms with Crippen molar-refractivity contribution in [2.75, 3.05) is 18.0 Å². The van der Waals surface area contributed by atoms with Gasteiger partial charge in [-0.1, -0.05) is 12.1 Å². The predicted octanol–water partition coefficient (Wildman–Crippen LogP) is 0.887. The average molecular weight is 192 g/mol. The summed E-state index contributed by atoms with van der Waals surface area (Å²) >= 11 is 0. The van der Waals surface area contributed by atoms with E-state index in [0.29, 0.717) is 0 Å². The zero-order chi connectivity index (χ0) is 10.1. The van der Waals surface area contributed by atoms with Crippen LogP contribution >= 0.6 is 0 Å². The first-order chi connectivity index (χ1) is 6.66. The number of aliphatic hydroxyl groups is 1. The van der Waals surface area contributed by atoms with Crippen LogP contribution in [-0.4, -0.2) is 24.3 Å². The number of rotatable bonds is 2. The third kappa shape index (κ3) is 1.74. The van der Waals surface area contributed by atoms with Gasteiger partial charge in [0.15, 0.2) is 0 Å². The van der Waals surface area contributed by atoms with E-state index in [1.54, 1.807) is 0 Å². The summed E-state index contributed by atoms with van der Waals surface area (Å²) in [6, 6.07) is 8.26. The highest BCUT2D eigenvalue weighted by molar-refractivity contribution is 5.51. The minimum atomic E-state index is -0.158. The molecule has 1 aromatic carbocycles. The minimum absolute atomic E-state index is 0.0705. The van der Waals surface area contributed by atoms with Crippen molar-refractivity contribution in [1.29, 1.82) is 0 Å². The highest BCUT2D eigenvalue weighted by Crippen LogP contribution is 2.23. The van der Waals surface area contributed by atoms with E-state index in [-0.39, 0.29) is 12.1 Å². The smallest absolute Gasteiger partial charge is 0.0889 e. The van der Waals surface area contributed by atoms with Crippen LogP contribution in [0.3, 0.4) is 0 Å². The van der Waals surface area contributed by atoms with E-state index in [9.17, 15) is 5.11 Å². The van der Waals surface area contributed by atoms with Crippen LogP contribution in [0, 0.1) is 0 Å². The Morgan fingerprint density at radius 1 is 1.50 bits per heavy atom. The van der Waals surface area contributed by atoms with Gasteiger partial charge < -0.3 is 15.7 Å². The van der Waals surface area contributed by atoms with Crippen LogP contribution in [0.4, 0.5) is 5.69 Å². The van der Waals surface area contributed by atoms with Crippen molar-refractivity contribution in [2.24, 2.45) is 5.73 Å². The molecule has 1 atom stereocenters. The molecule has 0 bridgehead atoms. The lowest BCUT2D eigenvalue weighted by Gasteiger charge is -2.38. The number of β-amino-alcohol motifs (C(OH)–C–C–N with tert-alkyl or cyclic N) is 1. The molecule has 0 amide bonds. The molecule has 0 unspecified atom stereocenters. The Morgan fingerprint density at radius 3 is 2.79 bits per heavy atom. The molecule has 0 spiro atoms. The number of nitrogens with zero attached hydrogens (tertiary/aromatic N) is 1. The number of aliphatic hydroxyl groups excluding tert-OH is 1. The summed E-state index contributed by atoms with van der Waals surface area (Å²) in [5.41, 5.74) is 8.10. The monoisotopic (exact) mass is 192 g/mol. The van der Waals surface area contributed by atoms with Crippen LogP contribution in [0.15, 0.2) is 24.3 Å². The molecule has 2 rings (SSSR count). The Morgan fingerprint density at radius 2 is 2.21 bits per heavy atom. The topological polar surface area (TPSA) is 49.5 Å². The molecule has 1 aromatic rings. The van der Waals surface area contributed by atoms with Gasteiger partial charge in [-0.3, -0.25) is 0 Å². The number of hydrogen-bond acceptors (Lipinski definition) is 3. The molecule has 1 saturated heterocycles. The molecule has 14 heavy (non-hydrogen) atoms. The molecule has 0 saturated carbocycles. The highest BCUT2D eigenvalue weighted by atomic mass is 16.3. The van der Waals surface area contributed by atoms with Crippen molar-refractivity contribution in [3.05, 3.63) is 29.8 Å². The van der Waals surface area contributed by atoms with Crippen LogP contribution in [0.1, 0.15) is 18.5 Å². The summed E-state index contributed by atoms with van der Waals surface area (Å²) in [4.78, 5) is 2.15. The molecular formula is C11H16N2O. The fourth-order valence-corrected chi connectivity index (χ4v) is 1.67. The zero-order valence-electron chi connectivity index (χ0n) is 8.35. The highest BCUT2D eigenvalue weighted by Gasteiger charge is 2.24. The van der Waals surface area contributed by atoms with E-state index in [0.717, 1.165) is 24.3 Å². The molecule has 1 heterocycles. The van der Waals surface area contributed by atoms with Gasteiger partial charge in [-0.05, 0) is 24.6 Å². The summed E-state index contributed by atoms with van der Waals surface area (Å²) < 4.78 is 0. The van der Waals surface area contributed by atoms with Gasteiger partial charge in [-0.15, -0.1) is 0 Å². The van der Waals surface area contributed by atoms with E-state index < -0.39 is 0 Å². The Labute approximate surface area is 84.1 Å². The van der Waals surface area contributed by atoms with Gasteiger partial charge >= 0.3 is 0 Å². The molecule has 0 radical (unpaired) electrons. The van der Waals surface area contributed by atoms with E-state index in [4.69, 9.17) is 5.73 Å². The standard InChI is InChI=1S/C11H16N2O/c1-8(12)9-3-2-4-10(5-9)13-6-11(14)7-13/h2-5,8,11,14H,6-7,12H2,1H3/t8-/m1/s1. The summed E-state index contributed by atoms with van der Waals surface area (Å²) in [6.07, 6.45) is -0.158. The lowest BCUT2D eigenvalue weighted by molar-refractivity contribution is 0.142. The van der Waals surface area contributed by atoms with Crippen LogP contribution < -0.4 is 10.6 Å². The third-order valence-electron chi connectivity index (χ3n) is 2.62. The first-order valence-electron chi connectivity index (χ1n) is 4.95. The largest absolute Gasteiger partial charge is 0.389 e. The predicted molar refractivity (Wildman–Crippen MR) is 57.3 cm³/mol. The third-order valence-corrected chi connectivity index (χ3v) is 2.62. The SMILES string of the molecule is C[C@@H](N)c1cccc(N2CC(O)C2)c1. The Hall–Kier alpha value is -1.06. The van der Waals surface area contributed by atoms with E-state index in [1.165, 1.54) is 0 Å². The molecule has 3 heteroatoms. The molecule has 76 valence electrons. The number of anilines is 1. The second kappa shape index (κ2) is 3.59. The Balaban J connectivity index is 2.14. The quantitative estimate of drug-likeness (QED) is 0.731. The summed E-state index contributed by atoms with van der Waals surface area (Å²) in [5.74, 6) is 0. The van der Waals surface area contributed by atoms with Gasteiger partial charge in [-0.2, -0.15) is 0 Å². The van der Waals surface area contributed by atoms with Crippen molar-refractivity contribution >= 4 is 5.69 Å². The molecule has 3 nitrogen and oxygen atoms in total. The number of hydrogen-bond donors (Lipinski definition) is 2. The molecule has 1 aliphatic heterocycles. The lowest BCUT2D eigenvalue weighted by Crippen LogP contribution is -2.50. The molecule has 1 aliphatic rings. The number of nitrogens with two attached hydrogens (primary N) is 1. The zero-order valence-corrected chi connectivity index (χ0v) is 8.35. The molecule has 0 aliphatic carbocycles. The fourth-order valence-electron chi connectivity index (χ4n) is 1.67. The van der Waals surface area contributed by atoms with E-state index >= 15 is 0 Å². The summed E-state index contributed by atoms with van der Waals surface area (Å²) in [5, 5.41) is 9.19. The second-order valence-corrected chi connectivity index (χ2v) is 3.94. The summed E-state index contributed by atoms with van der Waals surface area (Å²) in [7, 11) is 0. The number of benzene rings is 1. The van der Waals surface area contributed by atoms with Gasteiger partial charge in [0, 0.05) is 24.8 Å². The van der Waals surface area contributed by atoms with Crippen molar-refractivity contribution in [3.8, 4) is 0 Å². The van der Waals surface area contributed by atoms with Crippen molar-refractivity contribution in [3.63, 3.8) is 0 Å². The van der Waals surface area contributed by atoms with Gasteiger partial charge in [-0.25, -0.2) is 0 Å². The first kappa shape index (κ1) is 9.49. The maximum absolute atomic E-state index is 9.19. The molecule has 1 fully saturated rings. The summed E-state index contributed by atoms with van der Waals surface area (Å²) in [6.45, 7) is 3.45. The van der Waals surface area contributed by atoms with E-state index in [1.807, 2.05) is 19.1 Å². The van der Waals surface area contributed by atoms with Crippen molar-refractivity contribution < 1.29 is 5.11 Å². The van der Waals surface area contributed by atoms with Crippen LogP contribution in [-0.2, 0) is 0 Å². The second-order valence-electron chi connectivity index (χ2n) is 3.94. The van der Waals surface area contributed by atoms with Crippen LogP contribution in [0.25, 0.3) is 0 Å². The Bertz CT molecular complexity index is 319. The normalized spacial score (nSPS) is 19.2. The first-order valence-corrected chi connectivity index (χ1v) is 4.95. The molecule has 3 N–H and O–H groups in total. The fraction of sp³-hybridized carbons (Fsp3) is 0.455. The maximum Gasteiger partial charge on any atom is 0.0889 e. The Kier molecular flexibility index (Phi) is 2.44. The average Bonchev–Trinajstić information content (AvgIpc) is 2.13. The van der Waals surface area contributed by atoms with Crippen LogP contribution in [0.2, 0.25) is 0 Å². The van der Waals surface area contributed by atoms with E-state index in [2.05, 4.69) is 17.0 Å². The molecular weight excluding hydrogens is 176 g/mol. The van der Waals surface area contributed by atoms with Gasteiger partial charge in [0.25, 0.3) is 0 Å². The van der Waals surface area contributed by atoms with Crippen LogP contribution in [0.5, 0.6) is 0 Å². The van der Waals surface area contributed by atoms with Crippen molar-refractivity contribution in [1.82, 2.24) is 0 Å². The lowest BCUT2D eigenvalue weighted by atomic mass is 10.1. The minimum Gasteiger partial charge on any atom is -0.389 e. The van der Waals surface area contributed by atoms with Gasteiger partial charge in [0.2, 0.25) is 0 Å². The molecule has 0 aromatic heterocycles. The van der Waals surface area contributed by atoms with Crippen molar-refractivity contribution in [2.45, 2.75) is 19.1 Å².